The highest BCUT2D eigenvalue weighted by molar-refractivity contribution is 7.47. The van der Waals surface area contributed by atoms with E-state index < -0.39 is 196 Å². The second kappa shape index (κ2) is 38.3. The number of phosphoric ester groups is 4. The summed E-state index contributed by atoms with van der Waals surface area (Å²) in [7, 11) is -21.8. The zero-order valence-corrected chi connectivity index (χ0v) is 48.2. The van der Waals surface area contributed by atoms with Crippen LogP contribution in [0.4, 0.5) is 0 Å². The van der Waals surface area contributed by atoms with E-state index in [1.807, 2.05) is 21.3 Å². The zero-order chi connectivity index (χ0) is 65.5. The van der Waals surface area contributed by atoms with E-state index in [0.29, 0.717) is 0 Å². The topological polar surface area (TPSA) is 782 Å². The Hall–Kier alpha value is -6.76. The molecule has 49 heteroatoms. The molecule has 0 bridgehead atoms. The number of carboxylic acid groups (broad SMARTS) is 1. The molecule has 0 spiro atoms. The predicted octanol–water partition coefficient (Wildman–Crippen LogP) is -10.7. The Labute approximate surface area is 481 Å². The van der Waals surface area contributed by atoms with Crippen LogP contribution < -0.4 is 87.2 Å². The van der Waals surface area contributed by atoms with Crippen LogP contribution in [0.1, 0.15) is 51.4 Å². The molecule has 0 aliphatic heterocycles. The first-order valence-corrected chi connectivity index (χ1v) is 30.4. The van der Waals surface area contributed by atoms with Gasteiger partial charge in [0.15, 0.2) is 23.8 Å². The highest BCUT2D eigenvalue weighted by atomic mass is 31.2. The number of nitrogens with one attached hydrogen (secondary N) is 15. The maximum absolute atomic E-state index is 14.2. The smallest absolute Gasteiger partial charge is 0.469 e. The molecule has 85 heavy (non-hydrogen) atoms. The number of phosphoric acid groups is 4. The average molecular weight is 1310 g/mol. The van der Waals surface area contributed by atoms with Crippen LogP contribution >= 0.6 is 31.3 Å². The molecule has 0 unspecified atom stereocenters. The van der Waals surface area contributed by atoms with Crippen LogP contribution in [0, 0.1) is 21.6 Å². The number of carboxylic acids is 1. The molecule has 0 aromatic carbocycles. The average Bonchev–Trinajstić information content (AvgIpc) is 3.44. The Morgan fingerprint density at radius 3 is 0.788 bits per heavy atom. The van der Waals surface area contributed by atoms with Gasteiger partial charge in [0.25, 0.3) is 0 Å². The third kappa shape index (κ3) is 39.5. The van der Waals surface area contributed by atoms with Gasteiger partial charge in [0.05, 0.1) is 26.4 Å². The SMILES string of the molecule is N=C(N)NCCC[C@H](NC(=O)[C@H](COP(=O)(O)O)NC(=O)[C@H](CCCNC(=N)N)NC(=O)[C@H](COP(=O)(O)O)NC(=O)[C@H](CCCNC(=N)N)NC(=O)[C@H](COP(=O)(O)O)NC(=O)[C@H](CCCNC(=N)N)NC(=O)[C@@H](N)COP(=O)(O)O)C(=O)O. The van der Waals surface area contributed by atoms with E-state index in [-0.39, 0.29) is 58.3 Å². The number of aliphatic carboxylic acids is 1. The van der Waals surface area contributed by atoms with Crippen LogP contribution in [-0.4, -0.2) is 216 Å². The van der Waals surface area contributed by atoms with E-state index in [0.717, 1.165) is 0 Å². The molecule has 0 saturated carbocycles. The second-order valence-corrected chi connectivity index (χ2v) is 22.4. The van der Waals surface area contributed by atoms with Gasteiger partial charge in [-0.15, -0.1) is 0 Å². The van der Waals surface area contributed by atoms with Crippen molar-refractivity contribution in [3.8, 4) is 0 Å². The lowest BCUT2D eigenvalue weighted by molar-refractivity contribution is -0.142. The first kappa shape index (κ1) is 78.2. The molecule has 0 aromatic heterocycles. The number of carbonyl (C=O) groups excluding carboxylic acids is 7. The molecule has 0 heterocycles. The van der Waals surface area contributed by atoms with E-state index in [1.54, 1.807) is 0 Å². The summed E-state index contributed by atoms with van der Waals surface area (Å²) in [4.78, 5) is 184. The highest BCUT2D eigenvalue weighted by Crippen LogP contribution is 2.37. The number of guanidine groups is 4. The molecule has 0 aliphatic rings. The van der Waals surface area contributed by atoms with Gasteiger partial charge in [-0.05, 0) is 51.4 Å². The zero-order valence-electron chi connectivity index (χ0n) is 44.7. The van der Waals surface area contributed by atoms with E-state index in [1.165, 1.54) is 0 Å². The molecule has 45 nitrogen and oxygen atoms in total. The molecular formula is C36H74N20O25P4. The molecule has 0 radical (unpaired) electrons. The van der Waals surface area contributed by atoms with Crippen molar-refractivity contribution in [2.75, 3.05) is 52.6 Å². The number of hydrogen-bond acceptors (Lipinski definition) is 21. The Morgan fingerprint density at radius 2 is 0.553 bits per heavy atom. The van der Waals surface area contributed by atoms with Crippen molar-refractivity contribution in [3.63, 3.8) is 0 Å². The van der Waals surface area contributed by atoms with Crippen molar-refractivity contribution in [2.45, 2.75) is 99.7 Å². The lowest BCUT2D eigenvalue weighted by atomic mass is 10.1. The Balaban J connectivity index is 7.38. The summed E-state index contributed by atoms with van der Waals surface area (Å²) in [5.74, 6) is -13.9. The lowest BCUT2D eigenvalue weighted by Crippen LogP contribution is -2.61. The van der Waals surface area contributed by atoms with Gasteiger partial charge in [-0.1, -0.05) is 0 Å². The van der Waals surface area contributed by atoms with E-state index >= 15 is 0 Å². The standard InChI is InChI=1S/C36H74N20O25P4/c37-17(13-78-82(66,67)68)25(57)50-18(5-1-9-46-33(38)39)26(58)54-22(14-79-83(69,70)71)29(61)51-19(6-2-10-47-34(40)41)27(59)55-23(15-80-84(72,73)74)30(62)52-20(7-3-11-48-35(42)43)28(60)56-24(16-81-85(75,76)77)31(63)53-21(32(64)65)8-4-12-49-36(44)45/h17-24H,1-16,37H2,(H,50,57)(H,51,61)(H,52,62)(H,53,63)(H,54,58)(H,55,59)(H,56,60)(H,64,65)(H4,38,39,46)(H4,40,41,47)(H4,42,43,48)(H4,44,45,49)(H2,66,67,68)(H2,69,70,71)(H2,72,73,74)(H2,75,76,77)/t17-,18-,19-,20-,21-,22-,23-,24-/m0/s1. The van der Waals surface area contributed by atoms with Crippen LogP contribution in [0.2, 0.25) is 0 Å². The van der Waals surface area contributed by atoms with Gasteiger partial charge in [-0.3, -0.25) is 73.3 Å². The van der Waals surface area contributed by atoms with Gasteiger partial charge in [-0.25, -0.2) is 23.1 Å². The van der Waals surface area contributed by atoms with Gasteiger partial charge in [0.1, 0.15) is 48.3 Å². The Morgan fingerprint density at radius 1 is 0.353 bits per heavy atom. The minimum atomic E-state index is -5.59. The number of carbonyl (C=O) groups is 8. The fourth-order valence-corrected chi connectivity index (χ4v) is 7.79. The second-order valence-electron chi connectivity index (χ2n) is 17.4. The molecule has 488 valence electrons. The Kier molecular flexibility index (Phi) is 35.3. The minimum Gasteiger partial charge on any atom is -0.480 e. The molecule has 0 aliphatic carbocycles. The lowest BCUT2D eigenvalue weighted by Gasteiger charge is -2.28. The minimum absolute atomic E-state index is 0.0360. The normalized spacial score (nSPS) is 14.6. The van der Waals surface area contributed by atoms with Gasteiger partial charge in [0.2, 0.25) is 41.4 Å². The number of rotatable bonds is 43. The largest absolute Gasteiger partial charge is 0.480 e. The van der Waals surface area contributed by atoms with Crippen LogP contribution in [-0.2, 0) is 74.7 Å². The Bertz CT molecular complexity index is 2520. The summed E-state index contributed by atoms with van der Waals surface area (Å²) in [6, 6.07) is -16.2. The fraction of sp³-hybridized carbons (Fsp3) is 0.667. The molecule has 0 rings (SSSR count). The maximum Gasteiger partial charge on any atom is 0.469 e. The van der Waals surface area contributed by atoms with Crippen molar-refractivity contribution in [1.29, 1.82) is 21.6 Å². The van der Waals surface area contributed by atoms with Crippen LogP contribution in [0.5, 0.6) is 0 Å². The van der Waals surface area contributed by atoms with Crippen LogP contribution in [0.15, 0.2) is 0 Å². The summed E-state index contributed by atoms with van der Waals surface area (Å²) >= 11 is 0. The van der Waals surface area contributed by atoms with Crippen LogP contribution in [0.3, 0.4) is 0 Å². The van der Waals surface area contributed by atoms with Crippen molar-refractivity contribution in [3.05, 3.63) is 0 Å². The number of hydrogen-bond donors (Lipinski definition) is 29. The maximum atomic E-state index is 14.2. The third-order valence-electron chi connectivity index (χ3n) is 10.3. The van der Waals surface area contributed by atoms with E-state index in [2.05, 4.69) is 55.3 Å². The first-order chi connectivity index (χ1) is 39.1. The molecule has 34 N–H and O–H groups in total. The molecular weight excluding hydrogens is 1240 g/mol. The summed E-state index contributed by atoms with van der Waals surface area (Å²) in [6.45, 7) is -6.02. The first-order valence-electron chi connectivity index (χ1n) is 24.3. The molecule has 7 amide bonds. The van der Waals surface area contributed by atoms with Gasteiger partial charge < -0.3 is 131 Å². The summed E-state index contributed by atoms with van der Waals surface area (Å²) < 4.78 is 64.2. The monoisotopic (exact) mass is 1310 g/mol. The third-order valence-corrected chi connectivity index (χ3v) is 12.3. The summed E-state index contributed by atoms with van der Waals surface area (Å²) in [5, 5.41) is 63.2. The quantitative estimate of drug-likeness (QED) is 0.0117. The van der Waals surface area contributed by atoms with Crippen molar-refractivity contribution in [1.82, 2.24) is 58.5 Å². The number of nitrogens with two attached hydrogens (primary N) is 5. The van der Waals surface area contributed by atoms with E-state index in [4.69, 9.17) is 60.1 Å². The van der Waals surface area contributed by atoms with Gasteiger partial charge >= 0.3 is 37.3 Å². The van der Waals surface area contributed by atoms with Gasteiger partial charge in [0, 0.05) is 26.2 Å². The van der Waals surface area contributed by atoms with Crippen molar-refractivity contribution >= 4 is 102 Å². The summed E-state index contributed by atoms with van der Waals surface area (Å²) in [6.07, 6.45) is -2.51. The fourth-order valence-electron chi connectivity index (χ4n) is 6.41. The highest BCUT2D eigenvalue weighted by Gasteiger charge is 2.37. The predicted molar refractivity (Wildman–Crippen MR) is 288 cm³/mol. The van der Waals surface area contributed by atoms with E-state index in [9.17, 15) is 91.1 Å². The van der Waals surface area contributed by atoms with Crippen molar-refractivity contribution in [2.24, 2.45) is 28.7 Å². The molecule has 0 aromatic rings. The molecule has 8 atom stereocenters. The number of amides is 7. The molecule has 0 fully saturated rings. The van der Waals surface area contributed by atoms with Crippen molar-refractivity contribution < 1.29 is 119 Å². The van der Waals surface area contributed by atoms with Gasteiger partial charge in [-0.2, -0.15) is 0 Å². The summed E-state index contributed by atoms with van der Waals surface area (Å²) in [5.41, 5.74) is 26.8. The van der Waals surface area contributed by atoms with Crippen LogP contribution in [0.25, 0.3) is 0 Å². The molecule has 0 saturated heterocycles.